The van der Waals surface area contributed by atoms with Crippen LogP contribution in [0.4, 0.5) is 0 Å². The van der Waals surface area contributed by atoms with Crippen molar-refractivity contribution in [2.75, 3.05) is 7.11 Å². The molecule has 1 amide bonds. The summed E-state index contributed by atoms with van der Waals surface area (Å²) in [4.78, 5) is 23.7. The Balaban J connectivity index is 1.98. The van der Waals surface area contributed by atoms with Crippen molar-refractivity contribution >= 4 is 11.9 Å². The summed E-state index contributed by atoms with van der Waals surface area (Å²) >= 11 is 0. The van der Waals surface area contributed by atoms with Crippen LogP contribution in [-0.4, -0.2) is 36.2 Å². The van der Waals surface area contributed by atoms with Gasteiger partial charge in [-0.15, -0.1) is 0 Å². The van der Waals surface area contributed by atoms with Crippen molar-refractivity contribution in [2.24, 2.45) is 17.8 Å². The molecule has 0 radical (unpaired) electrons. The van der Waals surface area contributed by atoms with Gasteiger partial charge >= 0.3 is 5.97 Å². The van der Waals surface area contributed by atoms with E-state index in [4.69, 9.17) is 4.74 Å². The van der Waals surface area contributed by atoms with E-state index in [-0.39, 0.29) is 24.0 Å². The Hall–Kier alpha value is -1.10. The van der Waals surface area contributed by atoms with Crippen LogP contribution in [0, 0.1) is 17.8 Å². The summed E-state index contributed by atoms with van der Waals surface area (Å²) in [6, 6.07) is 0.0441. The van der Waals surface area contributed by atoms with Crippen molar-refractivity contribution in [1.82, 2.24) is 5.32 Å². The third-order valence-electron chi connectivity index (χ3n) is 4.97. The zero-order chi connectivity index (χ0) is 14.7. The van der Waals surface area contributed by atoms with Gasteiger partial charge in [0, 0.05) is 7.11 Å². The van der Waals surface area contributed by atoms with Crippen LogP contribution in [0.15, 0.2) is 0 Å². The Morgan fingerprint density at radius 1 is 1.25 bits per heavy atom. The lowest BCUT2D eigenvalue weighted by Gasteiger charge is -2.23. The normalized spacial score (nSPS) is 37.0. The number of aliphatic carboxylic acids is 1. The van der Waals surface area contributed by atoms with Crippen LogP contribution in [0.3, 0.4) is 0 Å². The molecular weight excluding hydrogens is 258 g/mol. The molecule has 0 bridgehead atoms. The predicted molar refractivity (Wildman–Crippen MR) is 74.2 cm³/mol. The number of carboxylic acids is 1. The first-order valence-corrected chi connectivity index (χ1v) is 7.62. The number of rotatable bonds is 5. The van der Waals surface area contributed by atoms with Crippen molar-refractivity contribution in [3.8, 4) is 0 Å². The molecule has 3 unspecified atom stereocenters. The van der Waals surface area contributed by atoms with Crippen LogP contribution >= 0.6 is 0 Å². The number of carbonyl (C=O) groups is 2. The molecule has 0 saturated heterocycles. The number of hydrogen-bond donors (Lipinski definition) is 2. The van der Waals surface area contributed by atoms with Crippen LogP contribution in [0.25, 0.3) is 0 Å². The molecule has 0 heterocycles. The van der Waals surface area contributed by atoms with Gasteiger partial charge in [-0.2, -0.15) is 0 Å². The van der Waals surface area contributed by atoms with Gasteiger partial charge in [-0.1, -0.05) is 13.3 Å². The van der Waals surface area contributed by atoms with E-state index < -0.39 is 11.9 Å². The number of amides is 1. The molecule has 2 saturated carbocycles. The molecule has 20 heavy (non-hydrogen) atoms. The second-order valence-electron chi connectivity index (χ2n) is 6.12. The van der Waals surface area contributed by atoms with E-state index in [1.165, 1.54) is 0 Å². The van der Waals surface area contributed by atoms with Gasteiger partial charge in [0.1, 0.15) is 0 Å². The quantitative estimate of drug-likeness (QED) is 0.807. The van der Waals surface area contributed by atoms with E-state index in [1.807, 2.05) is 0 Å². The summed E-state index contributed by atoms with van der Waals surface area (Å²) in [6.45, 7) is 2.06. The molecule has 2 aliphatic carbocycles. The summed E-state index contributed by atoms with van der Waals surface area (Å²) in [7, 11) is 1.66. The summed E-state index contributed by atoms with van der Waals surface area (Å²) in [5.74, 6) is -1.48. The summed E-state index contributed by atoms with van der Waals surface area (Å²) < 4.78 is 5.37. The molecule has 0 aromatic rings. The molecule has 5 heteroatoms. The molecule has 2 N–H and O–H groups in total. The van der Waals surface area contributed by atoms with Gasteiger partial charge in [0.05, 0.1) is 24.0 Å². The first kappa shape index (κ1) is 15.3. The molecule has 0 aliphatic heterocycles. The molecule has 114 valence electrons. The Morgan fingerprint density at radius 2 is 1.95 bits per heavy atom. The van der Waals surface area contributed by atoms with Crippen molar-refractivity contribution in [3.05, 3.63) is 0 Å². The highest BCUT2D eigenvalue weighted by atomic mass is 16.5. The van der Waals surface area contributed by atoms with Gasteiger partial charge < -0.3 is 15.2 Å². The fourth-order valence-corrected chi connectivity index (χ4v) is 3.70. The zero-order valence-electron chi connectivity index (χ0n) is 12.3. The van der Waals surface area contributed by atoms with Gasteiger partial charge in [0.15, 0.2) is 0 Å². The highest BCUT2D eigenvalue weighted by Gasteiger charge is 2.43. The Bertz CT molecular complexity index is 371. The SMILES string of the molecule is CCC1C[C@H](C(=O)NC2CCCC2OC)[C@H](C(=O)O)C1. The van der Waals surface area contributed by atoms with Gasteiger partial charge in [0.25, 0.3) is 0 Å². The van der Waals surface area contributed by atoms with E-state index in [2.05, 4.69) is 12.2 Å². The maximum atomic E-state index is 12.4. The Morgan fingerprint density at radius 3 is 2.55 bits per heavy atom. The van der Waals surface area contributed by atoms with Crippen molar-refractivity contribution in [2.45, 2.75) is 57.6 Å². The van der Waals surface area contributed by atoms with Crippen molar-refractivity contribution in [1.29, 1.82) is 0 Å². The topological polar surface area (TPSA) is 75.6 Å². The smallest absolute Gasteiger partial charge is 0.307 e. The number of ether oxygens (including phenoxy) is 1. The summed E-state index contributed by atoms with van der Waals surface area (Å²) in [5.41, 5.74) is 0. The Labute approximate surface area is 120 Å². The minimum absolute atomic E-state index is 0.0441. The largest absolute Gasteiger partial charge is 0.481 e. The van der Waals surface area contributed by atoms with Crippen molar-refractivity contribution < 1.29 is 19.4 Å². The summed E-state index contributed by atoms with van der Waals surface area (Å²) in [5, 5.41) is 12.3. The lowest BCUT2D eigenvalue weighted by atomic mass is 9.95. The first-order valence-electron chi connectivity index (χ1n) is 7.62. The maximum absolute atomic E-state index is 12.4. The molecule has 2 aliphatic rings. The molecular formula is C15H25NO4. The number of methoxy groups -OCH3 is 1. The molecule has 0 aromatic heterocycles. The second kappa shape index (κ2) is 6.57. The fraction of sp³-hybridized carbons (Fsp3) is 0.867. The van der Waals surface area contributed by atoms with Crippen LogP contribution in [0.1, 0.15) is 45.4 Å². The average molecular weight is 283 g/mol. The van der Waals surface area contributed by atoms with Crippen LogP contribution in [0.5, 0.6) is 0 Å². The fourth-order valence-electron chi connectivity index (χ4n) is 3.70. The monoisotopic (exact) mass is 283 g/mol. The molecule has 0 aromatic carbocycles. The molecule has 2 fully saturated rings. The molecule has 5 atom stereocenters. The van der Waals surface area contributed by atoms with Gasteiger partial charge in [-0.25, -0.2) is 0 Å². The predicted octanol–water partition coefficient (Wildman–Crippen LogP) is 1.81. The van der Waals surface area contributed by atoms with Gasteiger partial charge in [-0.3, -0.25) is 9.59 Å². The van der Waals surface area contributed by atoms with Gasteiger partial charge in [0.2, 0.25) is 5.91 Å². The molecule has 0 spiro atoms. The van der Waals surface area contributed by atoms with Crippen LogP contribution in [0.2, 0.25) is 0 Å². The van der Waals surface area contributed by atoms with E-state index >= 15 is 0 Å². The van der Waals surface area contributed by atoms with E-state index in [1.54, 1.807) is 7.11 Å². The van der Waals surface area contributed by atoms with Crippen LogP contribution in [-0.2, 0) is 14.3 Å². The Kier molecular flexibility index (Phi) is 5.02. The standard InChI is InChI=1S/C15H25NO4/c1-3-9-7-10(11(8-9)15(18)19)14(17)16-12-5-4-6-13(12)20-2/h9-13H,3-8H2,1-2H3,(H,16,17)(H,18,19)/t9?,10-,11+,12?,13?/m0/s1. The third-order valence-corrected chi connectivity index (χ3v) is 4.97. The third kappa shape index (κ3) is 3.14. The minimum atomic E-state index is -0.837. The number of carboxylic acid groups (broad SMARTS) is 1. The maximum Gasteiger partial charge on any atom is 0.307 e. The number of hydrogen-bond acceptors (Lipinski definition) is 3. The highest BCUT2D eigenvalue weighted by molar-refractivity contribution is 5.85. The number of carbonyl (C=O) groups excluding carboxylic acids is 1. The van der Waals surface area contributed by atoms with E-state index in [0.717, 1.165) is 25.7 Å². The summed E-state index contributed by atoms with van der Waals surface area (Å²) in [6.07, 6.45) is 5.28. The van der Waals surface area contributed by atoms with E-state index in [0.29, 0.717) is 18.8 Å². The van der Waals surface area contributed by atoms with Gasteiger partial charge in [-0.05, 0) is 38.0 Å². The van der Waals surface area contributed by atoms with Crippen molar-refractivity contribution in [3.63, 3.8) is 0 Å². The minimum Gasteiger partial charge on any atom is -0.481 e. The average Bonchev–Trinajstić information content (AvgIpc) is 3.04. The first-order chi connectivity index (χ1) is 9.56. The second-order valence-corrected chi connectivity index (χ2v) is 6.12. The van der Waals surface area contributed by atoms with Crippen LogP contribution < -0.4 is 5.32 Å². The lowest BCUT2D eigenvalue weighted by molar-refractivity contribution is -0.146. The highest BCUT2D eigenvalue weighted by Crippen LogP contribution is 2.38. The number of nitrogens with one attached hydrogen (secondary N) is 1. The van der Waals surface area contributed by atoms with E-state index in [9.17, 15) is 14.7 Å². The molecule has 2 rings (SSSR count). The molecule has 5 nitrogen and oxygen atoms in total. The lowest BCUT2D eigenvalue weighted by Crippen LogP contribution is -2.45. The zero-order valence-corrected chi connectivity index (χ0v) is 12.3.